The van der Waals surface area contributed by atoms with E-state index in [1.807, 2.05) is 36.9 Å². The minimum Gasteiger partial charge on any atom is -0.472 e. The van der Waals surface area contributed by atoms with Crippen molar-refractivity contribution in [3.63, 3.8) is 0 Å². The Bertz CT molecular complexity index is 1070. The van der Waals surface area contributed by atoms with E-state index in [-0.39, 0.29) is 23.7 Å². The van der Waals surface area contributed by atoms with Crippen molar-refractivity contribution in [3.8, 4) is 5.88 Å². The fourth-order valence-corrected chi connectivity index (χ4v) is 4.31. The topological polar surface area (TPSA) is 72.3 Å². The Morgan fingerprint density at radius 1 is 1.30 bits per heavy atom. The molecule has 1 N–H and O–H groups in total. The lowest BCUT2D eigenvalue weighted by Crippen LogP contribution is -2.45. The number of nitrogens with one attached hydrogen (secondary N) is 1. The fourth-order valence-electron chi connectivity index (χ4n) is 4.31. The van der Waals surface area contributed by atoms with Crippen LogP contribution < -0.4 is 10.1 Å². The third-order valence-corrected chi connectivity index (χ3v) is 5.95. The summed E-state index contributed by atoms with van der Waals surface area (Å²) in [6.07, 6.45) is 3.75. The fraction of sp³-hybridized carbons (Fsp3) is 0.435. The zero-order chi connectivity index (χ0) is 23.8. The molecule has 2 aromatic heterocycles. The average molecular weight is 461 g/mol. The molecule has 0 radical (unpaired) electrons. The van der Waals surface area contributed by atoms with E-state index in [1.165, 1.54) is 6.07 Å². The first-order valence-corrected chi connectivity index (χ1v) is 10.8. The van der Waals surface area contributed by atoms with Crippen molar-refractivity contribution in [2.45, 2.75) is 38.6 Å². The molecule has 1 saturated heterocycles. The number of dihydropyridines is 1. The van der Waals surface area contributed by atoms with Crippen LogP contribution in [-0.4, -0.2) is 50.6 Å². The number of likely N-dealkylation sites (tertiary alicyclic amines) is 1. The molecule has 1 amide bonds. The number of imidazole rings is 1. The number of halogens is 3. The molecule has 1 fully saturated rings. The highest BCUT2D eigenvalue weighted by Gasteiger charge is 2.39. The maximum Gasteiger partial charge on any atom is 0.417 e. The third-order valence-electron chi connectivity index (χ3n) is 5.95. The van der Waals surface area contributed by atoms with Gasteiger partial charge in [-0.25, -0.2) is 9.97 Å². The molecule has 10 heteroatoms. The maximum atomic E-state index is 13.6. The summed E-state index contributed by atoms with van der Waals surface area (Å²) in [5, 5.41) is 3.26. The molecule has 2 aliphatic heterocycles. The van der Waals surface area contributed by atoms with Gasteiger partial charge in [0.25, 0.3) is 5.91 Å². The number of ether oxygens (including phenoxy) is 1. The highest BCUT2D eigenvalue weighted by Crippen LogP contribution is 2.32. The molecule has 0 saturated carbocycles. The molecule has 33 heavy (non-hydrogen) atoms. The second kappa shape index (κ2) is 8.92. The van der Waals surface area contributed by atoms with Crippen molar-refractivity contribution < 1.29 is 22.7 Å². The number of carbonyl (C=O) groups excluding carboxylic acids is 1. The maximum absolute atomic E-state index is 13.6. The first kappa shape index (κ1) is 22.9. The smallest absolute Gasteiger partial charge is 0.417 e. The van der Waals surface area contributed by atoms with Gasteiger partial charge < -0.3 is 19.5 Å². The number of aryl methyl sites for hydroxylation is 1. The molecule has 0 aliphatic carbocycles. The van der Waals surface area contributed by atoms with Crippen LogP contribution in [-0.2, 0) is 18.0 Å². The summed E-state index contributed by atoms with van der Waals surface area (Å²) in [4.78, 5) is 23.6. The van der Waals surface area contributed by atoms with Crippen molar-refractivity contribution in [2.75, 3.05) is 13.1 Å². The van der Waals surface area contributed by atoms with Crippen LogP contribution in [0.3, 0.4) is 0 Å². The van der Waals surface area contributed by atoms with Crippen LogP contribution in [0.4, 0.5) is 13.2 Å². The van der Waals surface area contributed by atoms with Gasteiger partial charge in [-0.15, -0.1) is 0 Å². The molecule has 0 bridgehead atoms. The summed E-state index contributed by atoms with van der Waals surface area (Å²) in [6, 6.07) is 1.90. The van der Waals surface area contributed by atoms with Crippen molar-refractivity contribution in [1.29, 1.82) is 0 Å². The molecule has 4 heterocycles. The van der Waals surface area contributed by atoms with Gasteiger partial charge in [0.15, 0.2) is 5.82 Å². The molecule has 0 spiro atoms. The van der Waals surface area contributed by atoms with Gasteiger partial charge in [0.2, 0.25) is 5.88 Å². The predicted octanol–water partition coefficient (Wildman–Crippen LogP) is 3.41. The van der Waals surface area contributed by atoms with E-state index in [0.29, 0.717) is 30.2 Å². The molecule has 176 valence electrons. The zero-order valence-corrected chi connectivity index (χ0v) is 18.6. The summed E-state index contributed by atoms with van der Waals surface area (Å²) in [5.41, 5.74) is 0.361. The first-order valence-electron chi connectivity index (χ1n) is 10.8. The second-order valence-electron chi connectivity index (χ2n) is 8.51. The summed E-state index contributed by atoms with van der Waals surface area (Å²) in [7, 11) is 1.87. The molecule has 3 atom stereocenters. The number of amides is 1. The van der Waals surface area contributed by atoms with Gasteiger partial charge in [-0.2, -0.15) is 13.2 Å². The van der Waals surface area contributed by atoms with Crippen LogP contribution in [0, 0.1) is 5.92 Å². The predicted molar refractivity (Wildman–Crippen MR) is 116 cm³/mol. The van der Waals surface area contributed by atoms with Gasteiger partial charge in [0.1, 0.15) is 6.10 Å². The number of alkyl halides is 3. The van der Waals surface area contributed by atoms with E-state index in [9.17, 15) is 18.0 Å². The number of carbonyl (C=O) groups is 1. The van der Waals surface area contributed by atoms with Crippen molar-refractivity contribution in [3.05, 3.63) is 59.8 Å². The minimum atomic E-state index is -4.46. The zero-order valence-electron chi connectivity index (χ0n) is 18.6. The molecule has 2 aliphatic rings. The SMILES string of the molecule is CC1CC(C(C)Oc2ccc(C(F)(F)F)cn2)N(C(=O)C2=C(c3nccn3C)NCC=C2)C1. The summed E-state index contributed by atoms with van der Waals surface area (Å²) in [5.74, 6) is 0.879. The van der Waals surface area contributed by atoms with Gasteiger partial charge in [-0.3, -0.25) is 4.79 Å². The van der Waals surface area contributed by atoms with Crippen molar-refractivity contribution in [2.24, 2.45) is 13.0 Å². The summed E-state index contributed by atoms with van der Waals surface area (Å²) >= 11 is 0. The lowest BCUT2D eigenvalue weighted by atomic mass is 10.0. The van der Waals surface area contributed by atoms with E-state index in [1.54, 1.807) is 11.1 Å². The molecule has 0 aromatic carbocycles. The van der Waals surface area contributed by atoms with Gasteiger partial charge in [-0.05, 0) is 31.4 Å². The van der Waals surface area contributed by atoms with Crippen molar-refractivity contribution in [1.82, 2.24) is 24.8 Å². The Kier molecular flexibility index (Phi) is 6.18. The number of nitrogens with zero attached hydrogens (tertiary/aromatic N) is 4. The number of aromatic nitrogens is 3. The van der Waals surface area contributed by atoms with E-state index < -0.39 is 17.8 Å². The van der Waals surface area contributed by atoms with Gasteiger partial charge in [0, 0.05) is 44.8 Å². The van der Waals surface area contributed by atoms with E-state index >= 15 is 0 Å². The van der Waals surface area contributed by atoms with Crippen LogP contribution in [0.2, 0.25) is 0 Å². The van der Waals surface area contributed by atoms with Crippen LogP contribution in [0.15, 0.2) is 48.4 Å². The largest absolute Gasteiger partial charge is 0.472 e. The second-order valence-corrected chi connectivity index (χ2v) is 8.51. The average Bonchev–Trinajstić information content (AvgIpc) is 3.38. The van der Waals surface area contributed by atoms with Gasteiger partial charge in [0.05, 0.1) is 22.9 Å². The molecule has 4 rings (SSSR count). The third kappa shape index (κ3) is 4.74. The van der Waals surface area contributed by atoms with Gasteiger partial charge >= 0.3 is 6.18 Å². The van der Waals surface area contributed by atoms with E-state index in [0.717, 1.165) is 18.7 Å². The standard InChI is InChI=1S/C23H26F3N5O2/c1-14-11-18(15(2)33-19-7-6-16(12-29-19)23(24,25)26)31(13-14)22(32)17-5-4-8-27-20(17)21-28-9-10-30(21)3/h4-7,9-10,12,14-15,18,27H,8,11,13H2,1-3H3. The highest BCUT2D eigenvalue weighted by atomic mass is 19.4. The molecular weight excluding hydrogens is 435 g/mol. The molecular formula is C23H26F3N5O2. The van der Waals surface area contributed by atoms with Crippen molar-refractivity contribution >= 4 is 11.6 Å². The lowest BCUT2D eigenvalue weighted by molar-refractivity contribution is -0.138. The Morgan fingerprint density at radius 3 is 2.73 bits per heavy atom. The monoisotopic (exact) mass is 461 g/mol. The Balaban J connectivity index is 1.56. The van der Waals surface area contributed by atoms with E-state index in [4.69, 9.17) is 4.74 Å². The minimum absolute atomic E-state index is 0.0922. The Morgan fingerprint density at radius 2 is 2.09 bits per heavy atom. The van der Waals surface area contributed by atoms with Crippen LogP contribution in [0.1, 0.15) is 31.7 Å². The number of pyridine rings is 1. The number of hydrogen-bond donors (Lipinski definition) is 1. The molecule has 2 aromatic rings. The number of hydrogen-bond acceptors (Lipinski definition) is 5. The summed E-state index contributed by atoms with van der Waals surface area (Å²) < 4.78 is 46.1. The quantitative estimate of drug-likeness (QED) is 0.739. The van der Waals surface area contributed by atoms with Crippen LogP contribution >= 0.6 is 0 Å². The van der Waals surface area contributed by atoms with Crippen LogP contribution in [0.25, 0.3) is 5.70 Å². The van der Waals surface area contributed by atoms with Crippen LogP contribution in [0.5, 0.6) is 5.88 Å². The highest BCUT2D eigenvalue weighted by molar-refractivity contribution is 6.03. The first-order chi connectivity index (χ1) is 15.6. The van der Waals surface area contributed by atoms with Gasteiger partial charge in [-0.1, -0.05) is 13.0 Å². The lowest BCUT2D eigenvalue weighted by Gasteiger charge is -2.31. The Hall–Kier alpha value is -3.30. The summed E-state index contributed by atoms with van der Waals surface area (Å²) in [6.45, 7) is 5.03. The van der Waals surface area contributed by atoms with E-state index in [2.05, 4.69) is 22.2 Å². The Labute approximate surface area is 190 Å². The number of rotatable bonds is 5. The normalized spacial score (nSPS) is 21.8. The molecule has 7 nitrogen and oxygen atoms in total. The molecule has 3 unspecified atom stereocenters.